The minimum absolute atomic E-state index is 0.129. The van der Waals surface area contributed by atoms with Crippen molar-refractivity contribution in [1.82, 2.24) is 10.3 Å². The molecule has 1 aromatic heterocycles. The van der Waals surface area contributed by atoms with E-state index in [0.29, 0.717) is 21.3 Å². The molecule has 1 aromatic carbocycles. The van der Waals surface area contributed by atoms with E-state index >= 15 is 0 Å². The summed E-state index contributed by atoms with van der Waals surface area (Å²) in [6, 6.07) is 5.79. The fourth-order valence-electron chi connectivity index (χ4n) is 1.80. The van der Waals surface area contributed by atoms with Crippen LogP contribution < -0.4 is 10.1 Å². The Bertz CT molecular complexity index is 660. The molecule has 1 heterocycles. The summed E-state index contributed by atoms with van der Waals surface area (Å²) in [6.45, 7) is 7.84. The third kappa shape index (κ3) is 4.53. The Morgan fingerprint density at radius 2 is 1.95 bits per heavy atom. The van der Waals surface area contributed by atoms with Gasteiger partial charge in [-0.2, -0.15) is 0 Å². The van der Waals surface area contributed by atoms with E-state index in [1.165, 1.54) is 23.5 Å². The quantitative estimate of drug-likeness (QED) is 0.934. The summed E-state index contributed by atoms with van der Waals surface area (Å²) in [7, 11) is 0. The van der Waals surface area contributed by atoms with Crippen LogP contribution >= 0.6 is 11.3 Å². The minimum atomic E-state index is -0.307. The van der Waals surface area contributed by atoms with Crippen LogP contribution in [0, 0.1) is 12.7 Å². The van der Waals surface area contributed by atoms with Crippen molar-refractivity contribution in [3.05, 3.63) is 45.7 Å². The van der Waals surface area contributed by atoms with Crippen molar-refractivity contribution in [2.75, 3.05) is 0 Å². The Hall–Kier alpha value is -1.95. The first-order valence-electron chi connectivity index (χ1n) is 6.92. The molecule has 22 heavy (non-hydrogen) atoms. The van der Waals surface area contributed by atoms with Gasteiger partial charge < -0.3 is 10.1 Å². The van der Waals surface area contributed by atoms with E-state index in [2.05, 4.69) is 10.3 Å². The van der Waals surface area contributed by atoms with Crippen LogP contribution in [0.5, 0.6) is 5.75 Å². The highest BCUT2D eigenvalue weighted by Crippen LogP contribution is 2.21. The summed E-state index contributed by atoms with van der Waals surface area (Å²) in [5.41, 5.74) is 0.391. The number of hydrogen-bond donors (Lipinski definition) is 1. The van der Waals surface area contributed by atoms with Crippen LogP contribution in [0.2, 0.25) is 0 Å². The van der Waals surface area contributed by atoms with Gasteiger partial charge in [-0.25, -0.2) is 9.37 Å². The van der Waals surface area contributed by atoms with Crippen LogP contribution in [0.15, 0.2) is 24.3 Å². The summed E-state index contributed by atoms with van der Waals surface area (Å²) in [6.07, 6.45) is 0. The molecule has 0 unspecified atom stereocenters. The molecule has 0 aliphatic heterocycles. The molecule has 1 amide bonds. The number of halogens is 1. The van der Waals surface area contributed by atoms with Gasteiger partial charge in [0.1, 0.15) is 28.1 Å². The molecular formula is C16H19FN2O2S. The molecule has 0 aliphatic carbocycles. The predicted octanol–water partition coefficient (Wildman–Crippen LogP) is 3.70. The van der Waals surface area contributed by atoms with E-state index in [-0.39, 0.29) is 23.9 Å². The Labute approximate surface area is 133 Å². The normalized spacial score (nSPS) is 11.3. The molecule has 0 radical (unpaired) electrons. The Balaban J connectivity index is 2.03. The fourth-order valence-corrected chi connectivity index (χ4v) is 2.67. The number of thiazole rings is 1. The maximum atomic E-state index is 12.8. The summed E-state index contributed by atoms with van der Waals surface area (Å²) in [4.78, 5) is 17.1. The number of carbonyl (C=O) groups excluding carboxylic acids is 1. The molecule has 0 atom stereocenters. The molecule has 1 N–H and O–H groups in total. The van der Waals surface area contributed by atoms with Gasteiger partial charge in [-0.3, -0.25) is 4.79 Å². The van der Waals surface area contributed by atoms with Crippen molar-refractivity contribution in [3.63, 3.8) is 0 Å². The maximum absolute atomic E-state index is 12.8. The number of benzene rings is 1. The Morgan fingerprint density at radius 3 is 2.55 bits per heavy atom. The molecule has 0 fully saturated rings. The molecule has 4 nitrogen and oxygen atoms in total. The van der Waals surface area contributed by atoms with Crippen molar-refractivity contribution in [2.45, 2.75) is 39.8 Å². The molecular weight excluding hydrogens is 303 g/mol. The topological polar surface area (TPSA) is 51.2 Å². The first-order chi connectivity index (χ1) is 10.2. The number of carbonyl (C=O) groups is 1. The highest BCUT2D eigenvalue weighted by molar-refractivity contribution is 7.13. The minimum Gasteiger partial charge on any atom is -0.486 e. The molecule has 0 saturated carbocycles. The molecule has 0 bridgehead atoms. The molecule has 2 aromatic rings. The lowest BCUT2D eigenvalue weighted by Crippen LogP contribution is -2.40. The van der Waals surface area contributed by atoms with Gasteiger partial charge in [0.2, 0.25) is 0 Å². The van der Waals surface area contributed by atoms with E-state index < -0.39 is 0 Å². The SMILES string of the molecule is Cc1nc(COc2ccc(F)cc2)sc1C(=O)NC(C)(C)C. The summed E-state index contributed by atoms with van der Waals surface area (Å²) >= 11 is 1.31. The summed E-state index contributed by atoms with van der Waals surface area (Å²) in [5, 5.41) is 3.63. The molecule has 2 rings (SSSR count). The van der Waals surface area contributed by atoms with Gasteiger partial charge in [-0.05, 0) is 52.0 Å². The lowest BCUT2D eigenvalue weighted by Gasteiger charge is -2.19. The third-order valence-electron chi connectivity index (χ3n) is 2.71. The van der Waals surface area contributed by atoms with Crippen LogP contribution in [0.3, 0.4) is 0 Å². The molecule has 118 valence electrons. The molecule has 0 aliphatic rings. The predicted molar refractivity (Wildman–Crippen MR) is 84.8 cm³/mol. The van der Waals surface area contributed by atoms with Gasteiger partial charge in [0.05, 0.1) is 5.69 Å². The molecule has 6 heteroatoms. The van der Waals surface area contributed by atoms with Crippen molar-refractivity contribution in [3.8, 4) is 5.75 Å². The average molecular weight is 322 g/mol. The lowest BCUT2D eigenvalue weighted by atomic mass is 10.1. The van der Waals surface area contributed by atoms with Crippen molar-refractivity contribution in [1.29, 1.82) is 0 Å². The van der Waals surface area contributed by atoms with Crippen LogP contribution in [0.25, 0.3) is 0 Å². The van der Waals surface area contributed by atoms with E-state index in [1.807, 2.05) is 20.8 Å². The van der Waals surface area contributed by atoms with E-state index in [4.69, 9.17) is 4.74 Å². The zero-order valence-corrected chi connectivity index (χ0v) is 13.9. The second-order valence-corrected chi connectivity index (χ2v) is 7.05. The zero-order chi connectivity index (χ0) is 16.3. The first kappa shape index (κ1) is 16.4. The third-order valence-corrected chi connectivity index (χ3v) is 3.84. The van der Waals surface area contributed by atoms with Crippen molar-refractivity contribution < 1.29 is 13.9 Å². The Kier molecular flexibility index (Phi) is 4.81. The van der Waals surface area contributed by atoms with Crippen LogP contribution in [0.4, 0.5) is 4.39 Å². The summed E-state index contributed by atoms with van der Waals surface area (Å²) in [5.74, 6) is 0.129. The fraction of sp³-hybridized carbons (Fsp3) is 0.375. The van der Waals surface area contributed by atoms with Gasteiger partial charge in [-0.15, -0.1) is 11.3 Å². The van der Waals surface area contributed by atoms with Crippen LogP contribution in [-0.4, -0.2) is 16.4 Å². The first-order valence-corrected chi connectivity index (χ1v) is 7.73. The second-order valence-electron chi connectivity index (χ2n) is 5.97. The monoisotopic (exact) mass is 322 g/mol. The van der Waals surface area contributed by atoms with Gasteiger partial charge in [-0.1, -0.05) is 0 Å². The number of aromatic nitrogens is 1. The van der Waals surface area contributed by atoms with Crippen LogP contribution in [0.1, 0.15) is 41.1 Å². The highest BCUT2D eigenvalue weighted by Gasteiger charge is 2.20. The number of nitrogens with zero attached hydrogens (tertiary/aromatic N) is 1. The average Bonchev–Trinajstić information content (AvgIpc) is 2.77. The zero-order valence-electron chi connectivity index (χ0n) is 13.1. The highest BCUT2D eigenvalue weighted by atomic mass is 32.1. The smallest absolute Gasteiger partial charge is 0.263 e. The summed E-state index contributed by atoms with van der Waals surface area (Å²) < 4.78 is 18.4. The lowest BCUT2D eigenvalue weighted by molar-refractivity contribution is 0.0923. The van der Waals surface area contributed by atoms with E-state index in [1.54, 1.807) is 19.1 Å². The van der Waals surface area contributed by atoms with Crippen LogP contribution in [-0.2, 0) is 6.61 Å². The molecule has 0 saturated heterocycles. The number of hydrogen-bond acceptors (Lipinski definition) is 4. The largest absolute Gasteiger partial charge is 0.486 e. The standard InChI is InChI=1S/C16H19FN2O2S/c1-10-14(15(20)19-16(2,3)4)22-13(18-10)9-21-12-7-5-11(17)6-8-12/h5-8H,9H2,1-4H3,(H,19,20). The van der Waals surface area contributed by atoms with E-state index in [9.17, 15) is 9.18 Å². The number of nitrogens with one attached hydrogen (secondary N) is 1. The van der Waals surface area contributed by atoms with Crippen molar-refractivity contribution >= 4 is 17.2 Å². The van der Waals surface area contributed by atoms with Crippen molar-refractivity contribution in [2.24, 2.45) is 0 Å². The Morgan fingerprint density at radius 1 is 1.32 bits per heavy atom. The van der Waals surface area contributed by atoms with Gasteiger partial charge in [0.25, 0.3) is 5.91 Å². The maximum Gasteiger partial charge on any atom is 0.263 e. The number of aryl methyl sites for hydroxylation is 1. The van der Waals surface area contributed by atoms with E-state index in [0.717, 1.165) is 0 Å². The van der Waals surface area contributed by atoms with Gasteiger partial charge in [0.15, 0.2) is 0 Å². The molecule has 0 spiro atoms. The van der Waals surface area contributed by atoms with Gasteiger partial charge >= 0.3 is 0 Å². The van der Waals surface area contributed by atoms with Gasteiger partial charge in [0, 0.05) is 5.54 Å². The second kappa shape index (κ2) is 6.44. The number of rotatable bonds is 4. The number of ether oxygens (including phenoxy) is 1. The number of amides is 1.